The molecule has 18 heteroatoms. The van der Waals surface area contributed by atoms with Crippen molar-refractivity contribution in [2.45, 2.75) is 353 Å². The number of ketones is 2. The van der Waals surface area contributed by atoms with Gasteiger partial charge in [-0.2, -0.15) is 11.8 Å². The molecular formula is C110H228N12O5S. The Kier molecular flexibility index (Phi) is 96.9. The summed E-state index contributed by atoms with van der Waals surface area (Å²) < 4.78 is 2.20. The summed E-state index contributed by atoms with van der Waals surface area (Å²) in [6.07, 6.45) is 30.2. The summed E-state index contributed by atoms with van der Waals surface area (Å²) in [6.45, 7) is 84.7. The molecule has 1 aromatic heterocycles. The number of aromatic nitrogens is 1. The summed E-state index contributed by atoms with van der Waals surface area (Å²) in [5.74, 6) is 11.6. The van der Waals surface area contributed by atoms with Crippen molar-refractivity contribution in [3.63, 3.8) is 0 Å². The molecule has 2 aromatic rings. The van der Waals surface area contributed by atoms with Crippen molar-refractivity contribution in [3.05, 3.63) is 60.4 Å². The molecule has 17 nitrogen and oxygen atoms in total. The third kappa shape index (κ3) is 83.1. The molecule has 11 rings (SSSR count). The molecule has 0 aliphatic carbocycles. The van der Waals surface area contributed by atoms with Crippen molar-refractivity contribution in [1.29, 1.82) is 0 Å². The first kappa shape index (κ1) is 140. The van der Waals surface area contributed by atoms with Crippen molar-refractivity contribution < 1.29 is 24.0 Å². The van der Waals surface area contributed by atoms with Crippen LogP contribution in [0.1, 0.15) is 346 Å². The second-order valence-electron chi connectivity index (χ2n) is 40.9. The van der Waals surface area contributed by atoms with Gasteiger partial charge in [0.15, 0.2) is 12.1 Å². The van der Waals surface area contributed by atoms with Crippen molar-refractivity contribution in [3.8, 4) is 0 Å². The summed E-state index contributed by atoms with van der Waals surface area (Å²) in [4.78, 5) is 80.7. The highest BCUT2D eigenvalue weighted by Gasteiger charge is 2.26. The molecule has 10 heterocycles. The van der Waals surface area contributed by atoms with Gasteiger partial charge in [-0.3, -0.25) is 38.7 Å². The van der Waals surface area contributed by atoms with Crippen LogP contribution in [0.15, 0.2) is 54.9 Å². The van der Waals surface area contributed by atoms with Gasteiger partial charge in [0.05, 0.1) is 19.6 Å². The summed E-state index contributed by atoms with van der Waals surface area (Å²) >= 11 is 2.08. The first-order chi connectivity index (χ1) is 57.1. The zero-order valence-corrected chi connectivity index (χ0v) is 83.7. The van der Waals surface area contributed by atoms with E-state index in [1.807, 2.05) is 35.0 Å². The van der Waals surface area contributed by atoms with E-state index in [1.54, 1.807) is 0 Å². The lowest BCUT2D eigenvalue weighted by Gasteiger charge is -2.35. The van der Waals surface area contributed by atoms with Gasteiger partial charge in [0.2, 0.25) is 11.8 Å². The Morgan fingerprint density at radius 3 is 0.992 bits per heavy atom. The average molecular weight is 1830 g/mol. The predicted octanol–water partition coefficient (Wildman–Crippen LogP) is 24.9. The Hall–Kier alpha value is -3.56. The van der Waals surface area contributed by atoms with E-state index in [-0.39, 0.29) is 77.0 Å². The largest absolute Gasteiger partial charge is 0.354 e. The fourth-order valence-corrected chi connectivity index (χ4v) is 17.4. The van der Waals surface area contributed by atoms with Crippen LogP contribution < -0.4 is 0 Å². The van der Waals surface area contributed by atoms with Crippen molar-refractivity contribution >= 4 is 41.4 Å². The molecule has 9 fully saturated rings. The molecule has 1 aromatic carbocycles. The van der Waals surface area contributed by atoms with Gasteiger partial charge in [0, 0.05) is 141 Å². The number of Topliss-reactive ketones (excluding diaryl/α,β-unsaturated/α-hetero) is 2. The maximum absolute atomic E-state index is 12.0. The standard InChI is InChI=1S/C15H22N2O.C10H21N.C9H18N2O.C9H17NO.3C9H19N.C8H17NS.C8H17N.C8H13N.C8H14O2.8CH4/c1-13(2)10-17-9-8-16(12-15(17)18)11-14-6-4-3-5-7-14;1-10(2)6-9-11-7-4-3-5-8-11;1-8(2)6-11-5-4-10(3)7-9(11)12;1-8(2)6-10-5-3-4-9(11)7-10;3*1-9(2)8-10-6-4-3-5-7-10;1-8(2)7-9-3-5-10-6-4-9;2*1-8(2)7-9-5-3-4-6-9;1-7(2)4-3-5-8(10)6-9;;;;;;;;/h3-7,13H,8-12H2,1-2H3;10H,3-9H2,1-2H3;8H,4-7H2,1-3H3;8H,3-7H2,1-2H3;3*9H,3-8H2,1-2H3;8H,3-7H2,1-2H3;8H,3-7H2,1-2H3;3-6,8H,7H2,1-2H3;6-7H,3-5H2,1-2H3;8*1H4. The zero-order valence-electron chi connectivity index (χ0n) is 82.9. The molecule has 9 aliphatic rings. The van der Waals surface area contributed by atoms with Crippen LogP contribution in [0.25, 0.3) is 0 Å². The number of hydrogen-bond donors (Lipinski definition) is 0. The Morgan fingerprint density at radius 1 is 0.328 bits per heavy atom. The van der Waals surface area contributed by atoms with E-state index < -0.39 is 0 Å². The van der Waals surface area contributed by atoms with Gasteiger partial charge in [0.25, 0.3) is 0 Å². The number of carbonyl (C=O) groups excluding carboxylic acids is 5. The molecule has 764 valence electrons. The van der Waals surface area contributed by atoms with Crippen molar-refractivity contribution in [2.24, 2.45) is 65.1 Å². The molecule has 0 spiro atoms. The van der Waals surface area contributed by atoms with Gasteiger partial charge in [-0.25, -0.2) is 0 Å². The first-order valence-corrected chi connectivity index (χ1v) is 50.5. The lowest BCUT2D eigenvalue weighted by atomic mass is 10.1. The van der Waals surface area contributed by atoms with Crippen LogP contribution >= 0.6 is 11.8 Å². The number of nitrogens with zero attached hydrogens (tertiary/aromatic N) is 12. The Balaban J connectivity index is -0.000000206. The highest BCUT2D eigenvalue weighted by atomic mass is 32.2. The number of carbonyl (C=O) groups is 5. The Morgan fingerprint density at radius 2 is 0.656 bits per heavy atom. The van der Waals surface area contributed by atoms with E-state index in [2.05, 4.69) is 249 Å². The van der Waals surface area contributed by atoms with Crippen LogP contribution in [0.3, 0.4) is 0 Å². The minimum absolute atomic E-state index is 0. The van der Waals surface area contributed by atoms with Gasteiger partial charge in [-0.1, -0.05) is 274 Å². The summed E-state index contributed by atoms with van der Waals surface area (Å²) in [7, 11) is 1.99. The monoisotopic (exact) mass is 1830 g/mol. The maximum atomic E-state index is 12.0. The number of piperidine rings is 5. The highest BCUT2D eigenvalue weighted by Crippen LogP contribution is 2.18. The summed E-state index contributed by atoms with van der Waals surface area (Å²) in [5.41, 5.74) is 1.28. The molecule has 0 saturated carbocycles. The van der Waals surface area contributed by atoms with Crippen LogP contribution in [0.2, 0.25) is 0 Å². The quantitative estimate of drug-likeness (QED) is 0.0592. The third-order valence-corrected chi connectivity index (χ3v) is 23.0. The minimum atomic E-state index is -0.277. The molecule has 0 bridgehead atoms. The molecule has 0 radical (unpaired) electrons. The van der Waals surface area contributed by atoms with E-state index in [0.29, 0.717) is 61.8 Å². The van der Waals surface area contributed by atoms with Gasteiger partial charge >= 0.3 is 0 Å². The van der Waals surface area contributed by atoms with E-state index in [4.69, 9.17) is 0 Å². The molecule has 0 N–H and O–H groups in total. The fraction of sp³-hybridized carbons (Fsp3) is 0.864. The maximum Gasteiger partial charge on any atom is 0.236 e. The second kappa shape index (κ2) is 88.7. The van der Waals surface area contributed by atoms with E-state index in [9.17, 15) is 24.0 Å². The number of benzene rings is 1. The molecule has 9 saturated heterocycles. The zero-order chi connectivity index (χ0) is 89.4. The number of amides is 2. The minimum Gasteiger partial charge on any atom is -0.354 e. The normalized spacial score (nSPS) is 17.9. The molecule has 0 unspecified atom stereocenters. The predicted molar refractivity (Wildman–Crippen MR) is 575 cm³/mol. The number of hydrogen-bond acceptors (Lipinski definition) is 15. The number of aldehydes is 1. The lowest BCUT2D eigenvalue weighted by Crippen LogP contribution is -2.50. The SMILES string of the molecule is C.C.C.C.C.C.C.C.CC(C)CCCC(=O)C=O.CC(C)CCN1CCCCC1.CC(C)CN1CCCC(=O)C1.CC(C)CN1CCCC1.CC(C)CN1CCCCC1.CC(C)CN1CCCCC1.CC(C)CN1CCCCC1.CC(C)CN1CCN(C)CC1=O.CC(C)CN1CCN(Cc2ccccc2)CC1=O.CC(C)CN1CCSCC1.CC(C)Cn1cccc1. The van der Waals surface area contributed by atoms with E-state index in [0.717, 1.165) is 133 Å². The van der Waals surface area contributed by atoms with Gasteiger partial charge < -0.3 is 43.8 Å². The number of likely N-dealkylation sites (N-methyl/N-ethyl adjacent to an activating group) is 1. The van der Waals surface area contributed by atoms with Crippen molar-refractivity contribution in [1.82, 2.24) is 58.5 Å². The van der Waals surface area contributed by atoms with Crippen LogP contribution in [-0.2, 0) is 37.1 Å². The van der Waals surface area contributed by atoms with Crippen molar-refractivity contribution in [2.75, 3.05) is 208 Å². The Bertz CT molecular complexity index is 2600. The van der Waals surface area contributed by atoms with Gasteiger partial charge in [-0.15, -0.1) is 0 Å². The summed E-state index contributed by atoms with van der Waals surface area (Å²) in [5, 5.41) is 0. The van der Waals surface area contributed by atoms with E-state index in [1.165, 1.54) is 231 Å². The Labute approximate surface area is 806 Å². The average Bonchev–Trinajstić information content (AvgIpc) is 0.984. The van der Waals surface area contributed by atoms with Crippen LogP contribution in [0, 0.1) is 65.1 Å². The number of thioether (sulfide) groups is 1. The van der Waals surface area contributed by atoms with Crippen LogP contribution in [-0.4, -0.2) is 296 Å². The molecule has 128 heavy (non-hydrogen) atoms. The van der Waals surface area contributed by atoms with Crippen LogP contribution in [0.5, 0.6) is 0 Å². The van der Waals surface area contributed by atoms with Gasteiger partial charge in [-0.05, 0) is 252 Å². The third-order valence-electron chi connectivity index (χ3n) is 22.1. The molecular weight excluding hydrogens is 1600 g/mol. The van der Waals surface area contributed by atoms with Crippen LogP contribution in [0.4, 0.5) is 0 Å². The topological polar surface area (TPSA) is 126 Å². The molecule has 9 aliphatic heterocycles. The smallest absolute Gasteiger partial charge is 0.236 e. The first-order valence-electron chi connectivity index (χ1n) is 49.4. The lowest BCUT2D eigenvalue weighted by molar-refractivity contribution is -0.137. The highest BCUT2D eigenvalue weighted by molar-refractivity contribution is 7.99. The number of piperazine rings is 2. The van der Waals surface area contributed by atoms with E-state index >= 15 is 0 Å². The summed E-state index contributed by atoms with van der Waals surface area (Å²) in [6, 6.07) is 14.5. The number of rotatable bonds is 28. The second-order valence-corrected chi connectivity index (χ2v) is 42.1. The van der Waals surface area contributed by atoms with Gasteiger partial charge in [0.1, 0.15) is 5.78 Å². The number of likely N-dealkylation sites (tertiary alicyclic amines) is 6. The molecule has 2 amide bonds. The fourth-order valence-electron chi connectivity index (χ4n) is 16.4. The molecule has 0 atom stereocenters.